The third-order valence-electron chi connectivity index (χ3n) is 5.69. The standard InChI is InChI=1S/C20H35N5O8/c1-4-10(2)15(24-16(28)12(21)8-26)18(30)23-13(9-27)17(29)22-11(3)19(31)25-7-5-6-14(25)20(32)33/h10-15,26-27H,4-9,21H2,1-3H3,(H,22,29)(H,23,30)(H,24,28)(H,32,33)/t10-,11-,12-,13-,14-,15-/m0/s1. The van der Waals surface area contributed by atoms with Crippen molar-refractivity contribution in [3.8, 4) is 0 Å². The Kier molecular flexibility index (Phi) is 11.2. The number of hydrogen-bond acceptors (Lipinski definition) is 8. The lowest BCUT2D eigenvalue weighted by Gasteiger charge is -2.28. The monoisotopic (exact) mass is 473 g/mol. The molecule has 0 radical (unpaired) electrons. The zero-order valence-electron chi connectivity index (χ0n) is 19.1. The van der Waals surface area contributed by atoms with Gasteiger partial charge >= 0.3 is 5.97 Å². The minimum atomic E-state index is -1.42. The molecule has 0 aromatic rings. The van der Waals surface area contributed by atoms with Gasteiger partial charge in [0.15, 0.2) is 0 Å². The quantitative estimate of drug-likeness (QED) is 0.153. The second-order valence-corrected chi connectivity index (χ2v) is 8.16. The van der Waals surface area contributed by atoms with Gasteiger partial charge in [0.1, 0.15) is 30.2 Å². The van der Waals surface area contributed by atoms with Crippen LogP contribution in [0.1, 0.15) is 40.0 Å². The van der Waals surface area contributed by atoms with Crippen LogP contribution >= 0.6 is 0 Å². The molecule has 1 aliphatic heterocycles. The molecule has 1 aliphatic rings. The van der Waals surface area contributed by atoms with Crippen LogP contribution in [-0.4, -0.2) is 99.8 Å². The maximum atomic E-state index is 12.7. The zero-order chi connectivity index (χ0) is 25.3. The summed E-state index contributed by atoms with van der Waals surface area (Å²) in [6.07, 6.45) is 1.34. The molecule has 0 spiro atoms. The molecule has 0 unspecified atom stereocenters. The maximum Gasteiger partial charge on any atom is 0.326 e. The third-order valence-corrected chi connectivity index (χ3v) is 5.69. The number of hydrogen-bond donors (Lipinski definition) is 7. The van der Waals surface area contributed by atoms with Crippen molar-refractivity contribution in [2.24, 2.45) is 11.7 Å². The van der Waals surface area contributed by atoms with Crippen LogP contribution in [0, 0.1) is 5.92 Å². The van der Waals surface area contributed by atoms with Crippen LogP contribution in [-0.2, 0) is 24.0 Å². The number of aliphatic hydroxyl groups is 2. The number of nitrogens with two attached hydrogens (primary N) is 1. The van der Waals surface area contributed by atoms with Gasteiger partial charge in [0.2, 0.25) is 23.6 Å². The number of likely N-dealkylation sites (tertiary alicyclic amines) is 1. The van der Waals surface area contributed by atoms with Gasteiger partial charge < -0.3 is 41.9 Å². The van der Waals surface area contributed by atoms with E-state index in [1.165, 1.54) is 11.8 Å². The van der Waals surface area contributed by atoms with Crippen LogP contribution < -0.4 is 21.7 Å². The summed E-state index contributed by atoms with van der Waals surface area (Å²) in [5.41, 5.74) is 5.47. The van der Waals surface area contributed by atoms with Gasteiger partial charge in [-0.25, -0.2) is 4.79 Å². The first kappa shape index (κ1) is 28.3. The Balaban J connectivity index is 2.82. The van der Waals surface area contributed by atoms with Gasteiger partial charge in [0.25, 0.3) is 0 Å². The number of carboxylic acid groups (broad SMARTS) is 1. The molecule has 0 aromatic heterocycles. The summed E-state index contributed by atoms with van der Waals surface area (Å²) in [7, 11) is 0. The van der Waals surface area contributed by atoms with Crippen molar-refractivity contribution in [2.45, 2.75) is 70.2 Å². The summed E-state index contributed by atoms with van der Waals surface area (Å²) in [6, 6.07) is -5.78. The molecule has 0 aromatic carbocycles. The second-order valence-electron chi connectivity index (χ2n) is 8.16. The summed E-state index contributed by atoms with van der Waals surface area (Å²) >= 11 is 0. The van der Waals surface area contributed by atoms with Crippen molar-refractivity contribution in [1.82, 2.24) is 20.9 Å². The highest BCUT2D eigenvalue weighted by atomic mass is 16.4. The highest BCUT2D eigenvalue weighted by Crippen LogP contribution is 2.18. The lowest BCUT2D eigenvalue weighted by Crippen LogP contribution is -2.60. The van der Waals surface area contributed by atoms with Crippen LogP contribution in [0.3, 0.4) is 0 Å². The van der Waals surface area contributed by atoms with Crippen molar-refractivity contribution in [2.75, 3.05) is 19.8 Å². The lowest BCUT2D eigenvalue weighted by molar-refractivity contribution is -0.149. The number of rotatable bonds is 12. The molecule has 1 heterocycles. The zero-order valence-corrected chi connectivity index (χ0v) is 19.1. The Morgan fingerprint density at radius 2 is 1.64 bits per heavy atom. The number of nitrogens with zero attached hydrogens (tertiary/aromatic N) is 1. The predicted molar refractivity (Wildman–Crippen MR) is 115 cm³/mol. The molecule has 1 saturated heterocycles. The number of carboxylic acids is 1. The molecule has 0 saturated carbocycles. The highest BCUT2D eigenvalue weighted by Gasteiger charge is 2.37. The highest BCUT2D eigenvalue weighted by molar-refractivity contribution is 5.95. The molecule has 188 valence electrons. The first-order chi connectivity index (χ1) is 15.5. The van der Waals surface area contributed by atoms with Crippen LogP contribution in [0.15, 0.2) is 0 Å². The summed E-state index contributed by atoms with van der Waals surface area (Å²) in [5.74, 6) is -4.41. The first-order valence-electron chi connectivity index (χ1n) is 10.9. The normalized spacial score (nSPS) is 20.2. The van der Waals surface area contributed by atoms with E-state index in [0.717, 1.165) is 0 Å². The van der Waals surface area contributed by atoms with Gasteiger partial charge in [-0.3, -0.25) is 19.2 Å². The van der Waals surface area contributed by atoms with Gasteiger partial charge in [-0.2, -0.15) is 0 Å². The minimum absolute atomic E-state index is 0.252. The SMILES string of the molecule is CC[C@H](C)[C@H](NC(=O)[C@@H](N)CO)C(=O)N[C@@H](CO)C(=O)N[C@@H](C)C(=O)N1CCC[C@H]1C(=O)O. The number of aliphatic hydroxyl groups excluding tert-OH is 2. The molecule has 8 N–H and O–H groups in total. The van der Waals surface area contributed by atoms with E-state index >= 15 is 0 Å². The average molecular weight is 474 g/mol. The van der Waals surface area contributed by atoms with Crippen molar-refractivity contribution < 1.29 is 39.3 Å². The Hall–Kier alpha value is -2.77. The molecule has 0 bridgehead atoms. The van der Waals surface area contributed by atoms with Crippen LogP contribution in [0.4, 0.5) is 0 Å². The summed E-state index contributed by atoms with van der Waals surface area (Å²) in [6.45, 7) is 3.72. The van der Waals surface area contributed by atoms with E-state index in [1.54, 1.807) is 13.8 Å². The van der Waals surface area contributed by atoms with Crippen molar-refractivity contribution in [3.05, 3.63) is 0 Å². The van der Waals surface area contributed by atoms with Crippen molar-refractivity contribution in [3.63, 3.8) is 0 Å². The Morgan fingerprint density at radius 1 is 1.00 bits per heavy atom. The molecule has 4 amide bonds. The summed E-state index contributed by atoms with van der Waals surface area (Å²) < 4.78 is 0. The van der Waals surface area contributed by atoms with E-state index < -0.39 is 73.0 Å². The van der Waals surface area contributed by atoms with E-state index in [-0.39, 0.29) is 12.5 Å². The number of carbonyl (C=O) groups is 5. The van der Waals surface area contributed by atoms with Gasteiger partial charge in [0.05, 0.1) is 13.2 Å². The second kappa shape index (κ2) is 13.1. The fourth-order valence-electron chi connectivity index (χ4n) is 3.41. The predicted octanol–water partition coefficient (Wildman–Crippen LogP) is -3.11. The molecule has 33 heavy (non-hydrogen) atoms. The fraction of sp³-hybridized carbons (Fsp3) is 0.750. The summed E-state index contributed by atoms with van der Waals surface area (Å²) in [4.78, 5) is 62.4. The van der Waals surface area contributed by atoms with Gasteiger partial charge in [-0.15, -0.1) is 0 Å². The van der Waals surface area contributed by atoms with Gasteiger partial charge in [-0.05, 0) is 25.7 Å². The Morgan fingerprint density at radius 3 is 2.15 bits per heavy atom. The number of nitrogens with one attached hydrogen (secondary N) is 3. The Bertz CT molecular complexity index is 733. The van der Waals surface area contributed by atoms with Crippen LogP contribution in [0.2, 0.25) is 0 Å². The molecule has 0 aliphatic carbocycles. The van der Waals surface area contributed by atoms with Gasteiger partial charge in [0, 0.05) is 6.54 Å². The smallest absolute Gasteiger partial charge is 0.326 e. The molecule has 1 fully saturated rings. The third kappa shape index (κ3) is 7.65. The van der Waals surface area contributed by atoms with Gasteiger partial charge in [-0.1, -0.05) is 20.3 Å². The minimum Gasteiger partial charge on any atom is -0.480 e. The molecule has 6 atom stereocenters. The summed E-state index contributed by atoms with van der Waals surface area (Å²) in [5, 5.41) is 35.0. The van der Waals surface area contributed by atoms with Crippen LogP contribution in [0.5, 0.6) is 0 Å². The van der Waals surface area contributed by atoms with E-state index in [1.807, 2.05) is 0 Å². The van der Waals surface area contributed by atoms with E-state index in [4.69, 9.17) is 10.8 Å². The first-order valence-corrected chi connectivity index (χ1v) is 10.9. The van der Waals surface area contributed by atoms with Crippen molar-refractivity contribution in [1.29, 1.82) is 0 Å². The lowest BCUT2D eigenvalue weighted by atomic mass is 9.97. The van der Waals surface area contributed by atoms with E-state index in [9.17, 15) is 34.2 Å². The molecule has 13 nitrogen and oxygen atoms in total. The van der Waals surface area contributed by atoms with Crippen molar-refractivity contribution >= 4 is 29.6 Å². The van der Waals surface area contributed by atoms with E-state index in [0.29, 0.717) is 19.3 Å². The maximum absolute atomic E-state index is 12.7. The number of aliphatic carboxylic acids is 1. The number of carbonyl (C=O) groups excluding carboxylic acids is 4. The molecule has 1 rings (SSSR count). The molecular weight excluding hydrogens is 438 g/mol. The molecule has 13 heteroatoms. The number of amides is 4. The fourth-order valence-corrected chi connectivity index (χ4v) is 3.41. The average Bonchev–Trinajstić information content (AvgIpc) is 3.29. The largest absolute Gasteiger partial charge is 0.480 e. The van der Waals surface area contributed by atoms with E-state index in [2.05, 4.69) is 16.0 Å². The van der Waals surface area contributed by atoms with Crippen LogP contribution in [0.25, 0.3) is 0 Å². The Labute approximate surface area is 192 Å². The topological polar surface area (TPSA) is 211 Å². The molecular formula is C20H35N5O8.